The van der Waals surface area contributed by atoms with Crippen molar-refractivity contribution >= 4 is 28.5 Å². The van der Waals surface area contributed by atoms with E-state index in [1.807, 2.05) is 55.5 Å². The molecule has 4 aromatic rings. The number of para-hydroxylation sites is 4. The number of hydrogen-bond acceptors (Lipinski definition) is 4. The minimum atomic E-state index is -0.240. The van der Waals surface area contributed by atoms with Crippen LogP contribution in [-0.2, 0) is 13.1 Å². The maximum absolute atomic E-state index is 12.6. The van der Waals surface area contributed by atoms with Crippen molar-refractivity contribution in [3.8, 4) is 11.5 Å². The van der Waals surface area contributed by atoms with E-state index in [0.29, 0.717) is 36.1 Å². The summed E-state index contributed by atoms with van der Waals surface area (Å²) in [6.07, 6.45) is 0. The summed E-state index contributed by atoms with van der Waals surface area (Å²) < 4.78 is 13.7. The van der Waals surface area contributed by atoms with Crippen LogP contribution in [0.4, 0.5) is 0 Å². The largest absolute Gasteiger partial charge is 0.490 e. The van der Waals surface area contributed by atoms with Gasteiger partial charge in [-0.2, -0.15) is 0 Å². The summed E-state index contributed by atoms with van der Waals surface area (Å²) in [7, 11) is 0. The predicted molar refractivity (Wildman–Crippen MR) is 125 cm³/mol. The average molecular weight is 450 g/mol. The number of aromatic nitrogens is 2. The molecule has 1 aromatic heterocycles. The van der Waals surface area contributed by atoms with Gasteiger partial charge in [-0.3, -0.25) is 4.79 Å². The van der Waals surface area contributed by atoms with Crippen LogP contribution in [0.15, 0.2) is 72.8 Å². The Bertz CT molecular complexity index is 1220. The molecule has 6 nitrogen and oxygen atoms in total. The van der Waals surface area contributed by atoms with Crippen LogP contribution in [0, 0.1) is 0 Å². The van der Waals surface area contributed by atoms with Gasteiger partial charge < -0.3 is 19.4 Å². The molecule has 1 N–H and O–H groups in total. The number of nitrogens with zero attached hydrogens (tertiary/aromatic N) is 2. The third kappa shape index (κ3) is 4.86. The summed E-state index contributed by atoms with van der Waals surface area (Å²) in [6.45, 7) is 3.78. The summed E-state index contributed by atoms with van der Waals surface area (Å²) in [5, 5.41) is 3.34. The molecule has 0 radical (unpaired) electrons. The summed E-state index contributed by atoms with van der Waals surface area (Å²) in [4.78, 5) is 17.3. The van der Waals surface area contributed by atoms with Crippen molar-refractivity contribution < 1.29 is 14.3 Å². The molecule has 3 aromatic carbocycles. The van der Waals surface area contributed by atoms with Crippen molar-refractivity contribution in [1.82, 2.24) is 14.9 Å². The number of hydrogen-bond donors (Lipinski definition) is 1. The van der Waals surface area contributed by atoms with Crippen LogP contribution in [0.2, 0.25) is 5.02 Å². The summed E-state index contributed by atoms with van der Waals surface area (Å²) >= 11 is 6.15. The van der Waals surface area contributed by atoms with Gasteiger partial charge in [-0.1, -0.05) is 48.0 Å². The van der Waals surface area contributed by atoms with Crippen LogP contribution < -0.4 is 14.8 Å². The minimum absolute atomic E-state index is 0.240. The number of rotatable bonds is 9. The van der Waals surface area contributed by atoms with Crippen molar-refractivity contribution in [2.24, 2.45) is 0 Å². The van der Waals surface area contributed by atoms with E-state index in [2.05, 4.69) is 9.88 Å². The van der Waals surface area contributed by atoms with Crippen LogP contribution in [0.25, 0.3) is 11.0 Å². The standard InChI is InChI=1S/C25H24ClN3O3/c1-2-31-22-13-7-8-14-23(22)32-16-15-29-21-12-6-5-11-20(21)28-24(29)17-27-25(30)18-9-3-4-10-19(18)26/h3-14H,2,15-17H2,1H3,(H,27,30). The van der Waals surface area contributed by atoms with E-state index < -0.39 is 0 Å². The van der Waals surface area contributed by atoms with Crippen molar-refractivity contribution in [2.45, 2.75) is 20.0 Å². The molecule has 0 aliphatic rings. The number of benzene rings is 3. The van der Waals surface area contributed by atoms with E-state index in [-0.39, 0.29) is 12.5 Å². The Morgan fingerprint density at radius 2 is 1.66 bits per heavy atom. The molecule has 164 valence electrons. The number of imidazole rings is 1. The van der Waals surface area contributed by atoms with Crippen LogP contribution >= 0.6 is 11.6 Å². The molecule has 0 bridgehead atoms. The summed E-state index contributed by atoms with van der Waals surface area (Å²) in [5.74, 6) is 1.93. The highest BCUT2D eigenvalue weighted by Crippen LogP contribution is 2.26. The lowest BCUT2D eigenvalue weighted by molar-refractivity contribution is 0.0949. The normalized spacial score (nSPS) is 10.8. The van der Waals surface area contributed by atoms with E-state index in [1.165, 1.54) is 0 Å². The minimum Gasteiger partial charge on any atom is -0.490 e. The second kappa shape index (κ2) is 10.2. The van der Waals surface area contributed by atoms with Crippen molar-refractivity contribution in [3.63, 3.8) is 0 Å². The molecule has 1 amide bonds. The van der Waals surface area contributed by atoms with E-state index in [9.17, 15) is 4.79 Å². The molecule has 0 fully saturated rings. The van der Waals surface area contributed by atoms with Crippen LogP contribution in [-0.4, -0.2) is 28.7 Å². The molecule has 4 rings (SSSR count). The fourth-order valence-corrected chi connectivity index (χ4v) is 3.72. The van der Waals surface area contributed by atoms with Crippen molar-refractivity contribution in [2.75, 3.05) is 13.2 Å². The van der Waals surface area contributed by atoms with E-state index in [4.69, 9.17) is 26.1 Å². The van der Waals surface area contributed by atoms with Gasteiger partial charge in [-0.05, 0) is 43.3 Å². The monoisotopic (exact) mass is 449 g/mol. The van der Waals surface area contributed by atoms with E-state index in [0.717, 1.165) is 22.6 Å². The summed E-state index contributed by atoms with van der Waals surface area (Å²) in [6, 6.07) is 22.5. The lowest BCUT2D eigenvalue weighted by atomic mass is 10.2. The molecule has 0 saturated heterocycles. The van der Waals surface area contributed by atoms with Crippen LogP contribution in [0.1, 0.15) is 23.1 Å². The number of halogens is 1. The third-order valence-corrected chi connectivity index (χ3v) is 5.31. The number of carbonyl (C=O) groups is 1. The molecular formula is C25H24ClN3O3. The first-order valence-corrected chi connectivity index (χ1v) is 10.9. The molecule has 0 spiro atoms. The van der Waals surface area contributed by atoms with Crippen LogP contribution in [0.5, 0.6) is 11.5 Å². The zero-order chi connectivity index (χ0) is 22.3. The second-order valence-electron chi connectivity index (χ2n) is 7.06. The molecule has 0 aliphatic heterocycles. The van der Waals surface area contributed by atoms with Gasteiger partial charge in [-0.15, -0.1) is 0 Å². The predicted octanol–water partition coefficient (Wildman–Crippen LogP) is 5.10. The smallest absolute Gasteiger partial charge is 0.253 e. The molecule has 0 atom stereocenters. The first-order chi connectivity index (χ1) is 15.7. The molecule has 7 heteroatoms. The highest BCUT2D eigenvalue weighted by molar-refractivity contribution is 6.33. The molecule has 1 heterocycles. The average Bonchev–Trinajstić information content (AvgIpc) is 3.16. The van der Waals surface area contributed by atoms with E-state index in [1.54, 1.807) is 24.3 Å². The van der Waals surface area contributed by atoms with Gasteiger partial charge in [0.1, 0.15) is 12.4 Å². The van der Waals surface area contributed by atoms with Gasteiger partial charge in [0.15, 0.2) is 11.5 Å². The molecule has 0 unspecified atom stereocenters. The second-order valence-corrected chi connectivity index (χ2v) is 7.47. The Kier molecular flexibility index (Phi) is 6.92. The van der Waals surface area contributed by atoms with E-state index >= 15 is 0 Å². The highest BCUT2D eigenvalue weighted by atomic mass is 35.5. The Morgan fingerprint density at radius 3 is 2.44 bits per heavy atom. The lowest BCUT2D eigenvalue weighted by Crippen LogP contribution is -2.25. The zero-order valence-corrected chi connectivity index (χ0v) is 18.5. The van der Waals surface area contributed by atoms with Gasteiger partial charge in [0.05, 0.1) is 41.3 Å². The van der Waals surface area contributed by atoms with Gasteiger partial charge >= 0.3 is 0 Å². The Balaban J connectivity index is 1.49. The summed E-state index contributed by atoms with van der Waals surface area (Å²) in [5.41, 5.74) is 2.29. The maximum atomic E-state index is 12.6. The fraction of sp³-hybridized carbons (Fsp3) is 0.200. The number of amides is 1. The SMILES string of the molecule is CCOc1ccccc1OCCn1c(CNC(=O)c2ccccc2Cl)nc2ccccc21. The first kappa shape index (κ1) is 21.7. The quantitative estimate of drug-likeness (QED) is 0.386. The molecule has 32 heavy (non-hydrogen) atoms. The molecular weight excluding hydrogens is 426 g/mol. The van der Waals surface area contributed by atoms with Gasteiger partial charge in [-0.25, -0.2) is 4.98 Å². The van der Waals surface area contributed by atoms with Crippen LogP contribution in [0.3, 0.4) is 0 Å². The topological polar surface area (TPSA) is 65.4 Å². The van der Waals surface area contributed by atoms with Crippen molar-refractivity contribution in [1.29, 1.82) is 0 Å². The Hall–Kier alpha value is -3.51. The molecule has 0 aliphatic carbocycles. The fourth-order valence-electron chi connectivity index (χ4n) is 3.50. The highest BCUT2D eigenvalue weighted by Gasteiger charge is 2.14. The number of ether oxygens (including phenoxy) is 2. The lowest BCUT2D eigenvalue weighted by Gasteiger charge is -2.14. The van der Waals surface area contributed by atoms with Gasteiger partial charge in [0.2, 0.25) is 0 Å². The van der Waals surface area contributed by atoms with Gasteiger partial charge in [0.25, 0.3) is 5.91 Å². The maximum Gasteiger partial charge on any atom is 0.253 e. The first-order valence-electron chi connectivity index (χ1n) is 10.5. The molecule has 0 saturated carbocycles. The van der Waals surface area contributed by atoms with Crippen molar-refractivity contribution in [3.05, 3.63) is 89.2 Å². The number of fused-ring (bicyclic) bond motifs is 1. The van der Waals surface area contributed by atoms with Gasteiger partial charge in [0, 0.05) is 0 Å². The Labute approximate surface area is 191 Å². The number of nitrogens with one attached hydrogen (secondary N) is 1. The number of carbonyl (C=O) groups excluding carboxylic acids is 1. The zero-order valence-electron chi connectivity index (χ0n) is 17.8. The third-order valence-electron chi connectivity index (χ3n) is 4.98. The Morgan fingerprint density at radius 1 is 0.969 bits per heavy atom.